The zero-order valence-corrected chi connectivity index (χ0v) is 10.4. The lowest BCUT2D eigenvalue weighted by Crippen LogP contribution is -2.37. The van der Waals surface area contributed by atoms with Crippen molar-refractivity contribution in [3.63, 3.8) is 0 Å². The van der Waals surface area contributed by atoms with Gasteiger partial charge in [0.25, 0.3) is 0 Å². The van der Waals surface area contributed by atoms with Gasteiger partial charge in [0.05, 0.1) is 6.04 Å². The van der Waals surface area contributed by atoms with Gasteiger partial charge in [-0.15, -0.1) is 0 Å². The Morgan fingerprint density at radius 2 is 2.28 bits per heavy atom. The SMILES string of the molecule is C[C@@H]1CC(N2CCCC2=O)c2cc(F)ccc2N1. The van der Waals surface area contributed by atoms with Crippen molar-refractivity contribution >= 4 is 11.6 Å². The van der Waals surface area contributed by atoms with Crippen LogP contribution in [-0.4, -0.2) is 23.4 Å². The number of carbonyl (C=O) groups is 1. The molecule has 1 aromatic rings. The number of nitrogens with one attached hydrogen (secondary N) is 1. The molecule has 0 aliphatic carbocycles. The Bertz CT molecular complexity index is 489. The first-order valence-corrected chi connectivity index (χ1v) is 6.50. The van der Waals surface area contributed by atoms with Crippen molar-refractivity contribution in [2.75, 3.05) is 11.9 Å². The first-order chi connectivity index (χ1) is 8.65. The van der Waals surface area contributed by atoms with Crippen LogP contribution in [-0.2, 0) is 4.79 Å². The maximum absolute atomic E-state index is 13.4. The van der Waals surface area contributed by atoms with E-state index in [-0.39, 0.29) is 17.8 Å². The fourth-order valence-corrected chi connectivity index (χ4v) is 3.02. The van der Waals surface area contributed by atoms with Gasteiger partial charge in [0.15, 0.2) is 0 Å². The summed E-state index contributed by atoms with van der Waals surface area (Å²) in [5.74, 6) is -0.0361. The predicted octanol–water partition coefficient (Wildman–Crippen LogP) is 2.69. The van der Waals surface area contributed by atoms with Gasteiger partial charge in [0, 0.05) is 30.3 Å². The van der Waals surface area contributed by atoms with Crippen LogP contribution < -0.4 is 5.32 Å². The van der Waals surface area contributed by atoms with E-state index in [1.165, 1.54) is 6.07 Å². The topological polar surface area (TPSA) is 32.3 Å². The summed E-state index contributed by atoms with van der Waals surface area (Å²) in [7, 11) is 0. The van der Waals surface area contributed by atoms with Gasteiger partial charge >= 0.3 is 0 Å². The Hall–Kier alpha value is -1.58. The van der Waals surface area contributed by atoms with Crippen LogP contribution in [0.3, 0.4) is 0 Å². The highest BCUT2D eigenvalue weighted by molar-refractivity contribution is 5.79. The van der Waals surface area contributed by atoms with Crippen LogP contribution in [0.5, 0.6) is 0 Å². The van der Waals surface area contributed by atoms with Gasteiger partial charge in [0.1, 0.15) is 5.82 Å². The Labute approximate surface area is 106 Å². The van der Waals surface area contributed by atoms with Gasteiger partial charge in [0.2, 0.25) is 5.91 Å². The number of fused-ring (bicyclic) bond motifs is 1. The van der Waals surface area contributed by atoms with E-state index in [1.54, 1.807) is 12.1 Å². The normalized spacial score (nSPS) is 27.0. The predicted molar refractivity (Wildman–Crippen MR) is 67.8 cm³/mol. The zero-order valence-electron chi connectivity index (χ0n) is 10.4. The molecule has 1 saturated heterocycles. The maximum Gasteiger partial charge on any atom is 0.223 e. The molecule has 3 rings (SSSR count). The summed E-state index contributed by atoms with van der Waals surface area (Å²) in [4.78, 5) is 13.8. The fourth-order valence-electron chi connectivity index (χ4n) is 3.02. The summed E-state index contributed by atoms with van der Waals surface area (Å²) in [5, 5.41) is 3.35. The van der Waals surface area contributed by atoms with Crippen LogP contribution >= 0.6 is 0 Å². The minimum atomic E-state index is -0.234. The second-order valence-electron chi connectivity index (χ2n) is 5.22. The standard InChI is InChI=1S/C14H17FN2O/c1-9-7-13(17-6-2-3-14(17)18)11-8-10(15)4-5-12(11)16-9/h4-5,8-9,13,16H,2-3,6-7H2,1H3/t9-,13?/m1/s1. The van der Waals surface area contributed by atoms with E-state index in [1.807, 2.05) is 4.90 Å². The summed E-state index contributed by atoms with van der Waals surface area (Å²) < 4.78 is 13.4. The van der Waals surface area contributed by atoms with E-state index in [4.69, 9.17) is 0 Å². The van der Waals surface area contributed by atoms with Crippen molar-refractivity contribution in [1.29, 1.82) is 0 Å². The summed E-state index contributed by atoms with van der Waals surface area (Å²) in [6, 6.07) is 5.13. The van der Waals surface area contributed by atoms with Crippen LogP contribution in [0.1, 0.15) is 37.8 Å². The number of hydrogen-bond acceptors (Lipinski definition) is 2. The van der Waals surface area contributed by atoms with E-state index in [0.29, 0.717) is 12.5 Å². The third-order valence-electron chi connectivity index (χ3n) is 3.84. The van der Waals surface area contributed by atoms with Crippen LogP contribution in [0.15, 0.2) is 18.2 Å². The average Bonchev–Trinajstić information content (AvgIpc) is 2.75. The molecule has 0 aromatic heterocycles. The van der Waals surface area contributed by atoms with E-state index in [2.05, 4.69) is 12.2 Å². The average molecular weight is 248 g/mol. The Morgan fingerprint density at radius 1 is 1.44 bits per heavy atom. The van der Waals surface area contributed by atoms with Crippen molar-refractivity contribution < 1.29 is 9.18 Å². The lowest BCUT2D eigenvalue weighted by Gasteiger charge is -2.36. The molecule has 18 heavy (non-hydrogen) atoms. The molecule has 0 spiro atoms. The molecule has 4 heteroatoms. The lowest BCUT2D eigenvalue weighted by molar-refractivity contribution is -0.130. The number of nitrogens with zero attached hydrogens (tertiary/aromatic N) is 1. The highest BCUT2D eigenvalue weighted by atomic mass is 19.1. The molecule has 1 unspecified atom stereocenters. The molecule has 96 valence electrons. The maximum atomic E-state index is 13.4. The number of likely N-dealkylation sites (tertiary alicyclic amines) is 1. The number of halogens is 1. The molecule has 0 bridgehead atoms. The zero-order chi connectivity index (χ0) is 12.7. The fraction of sp³-hybridized carbons (Fsp3) is 0.500. The van der Waals surface area contributed by atoms with Crippen molar-refractivity contribution in [2.24, 2.45) is 0 Å². The van der Waals surface area contributed by atoms with Crippen molar-refractivity contribution in [2.45, 2.75) is 38.3 Å². The van der Waals surface area contributed by atoms with Crippen LogP contribution in [0.2, 0.25) is 0 Å². The van der Waals surface area contributed by atoms with Crippen LogP contribution in [0.4, 0.5) is 10.1 Å². The quantitative estimate of drug-likeness (QED) is 0.828. The Balaban J connectivity index is 2.00. The summed E-state index contributed by atoms with van der Waals surface area (Å²) >= 11 is 0. The molecular formula is C14H17FN2O. The molecule has 2 atom stereocenters. The first kappa shape index (κ1) is 11.5. The summed E-state index contributed by atoms with van der Waals surface area (Å²) in [6.45, 7) is 2.89. The molecule has 0 saturated carbocycles. The van der Waals surface area contributed by atoms with Crippen molar-refractivity contribution in [3.05, 3.63) is 29.6 Å². The molecule has 1 N–H and O–H groups in total. The molecule has 1 fully saturated rings. The lowest BCUT2D eigenvalue weighted by atomic mass is 9.92. The number of amides is 1. The van der Waals surface area contributed by atoms with Gasteiger partial charge in [-0.2, -0.15) is 0 Å². The number of hydrogen-bond donors (Lipinski definition) is 1. The number of benzene rings is 1. The largest absolute Gasteiger partial charge is 0.382 e. The molecule has 2 heterocycles. The molecule has 0 radical (unpaired) electrons. The van der Waals surface area contributed by atoms with Gasteiger partial charge in [-0.25, -0.2) is 4.39 Å². The van der Waals surface area contributed by atoms with E-state index in [0.717, 1.165) is 30.6 Å². The molecule has 3 nitrogen and oxygen atoms in total. The Morgan fingerprint density at radius 3 is 3.00 bits per heavy atom. The van der Waals surface area contributed by atoms with Crippen molar-refractivity contribution in [1.82, 2.24) is 4.90 Å². The summed E-state index contributed by atoms with van der Waals surface area (Å²) in [6.07, 6.45) is 2.40. The van der Waals surface area contributed by atoms with E-state index >= 15 is 0 Å². The third-order valence-corrected chi connectivity index (χ3v) is 3.84. The van der Waals surface area contributed by atoms with Gasteiger partial charge in [-0.05, 0) is 38.0 Å². The second-order valence-corrected chi connectivity index (χ2v) is 5.22. The van der Waals surface area contributed by atoms with E-state index in [9.17, 15) is 9.18 Å². The van der Waals surface area contributed by atoms with Gasteiger partial charge < -0.3 is 10.2 Å². The van der Waals surface area contributed by atoms with Gasteiger partial charge in [-0.3, -0.25) is 4.79 Å². The number of anilines is 1. The third kappa shape index (κ3) is 1.85. The molecular weight excluding hydrogens is 231 g/mol. The highest BCUT2D eigenvalue weighted by Crippen LogP contribution is 2.38. The molecule has 2 aliphatic heterocycles. The minimum absolute atomic E-state index is 0.0296. The minimum Gasteiger partial charge on any atom is -0.382 e. The number of rotatable bonds is 1. The van der Waals surface area contributed by atoms with Crippen LogP contribution in [0, 0.1) is 5.82 Å². The van der Waals surface area contributed by atoms with Crippen molar-refractivity contribution in [3.8, 4) is 0 Å². The van der Waals surface area contributed by atoms with E-state index < -0.39 is 0 Å². The highest BCUT2D eigenvalue weighted by Gasteiger charge is 2.34. The Kier molecular flexibility index (Phi) is 2.73. The second kappa shape index (κ2) is 4.26. The first-order valence-electron chi connectivity index (χ1n) is 6.50. The van der Waals surface area contributed by atoms with Gasteiger partial charge in [-0.1, -0.05) is 0 Å². The molecule has 1 aromatic carbocycles. The van der Waals surface area contributed by atoms with Crippen LogP contribution in [0.25, 0.3) is 0 Å². The molecule has 2 aliphatic rings. The smallest absolute Gasteiger partial charge is 0.223 e. The number of carbonyl (C=O) groups excluding carboxylic acids is 1. The molecule has 1 amide bonds. The monoisotopic (exact) mass is 248 g/mol. The summed E-state index contributed by atoms with van der Waals surface area (Å²) in [5.41, 5.74) is 1.88.